The number of benzene rings is 2. The molecule has 10 heteroatoms. The number of aliphatic hydroxyl groups is 1. The molecule has 258 valence electrons. The molecule has 4 aromatic rings. The Bertz CT molecular complexity index is 1620. The summed E-state index contributed by atoms with van der Waals surface area (Å²) in [4.78, 5) is 45.0. The van der Waals surface area contributed by atoms with Crippen LogP contribution in [0.4, 0.5) is 0 Å². The van der Waals surface area contributed by atoms with Crippen molar-refractivity contribution in [3.63, 3.8) is 0 Å². The second-order valence-electron chi connectivity index (χ2n) is 13.6. The SMILES string of the molecule is CC(C)CC(NC(=O)[C@@H](CCC(=O)NCCc1cccn1C)Cc1ccc2ccccc2c1)C(=O)N[C@H](CC(C)C)[C@H](O)c1nccs1. The molecule has 48 heavy (non-hydrogen) atoms. The molecule has 2 aromatic heterocycles. The normalized spacial score (nSPS) is 14.1. The number of hydrogen-bond donors (Lipinski definition) is 4. The maximum Gasteiger partial charge on any atom is 0.242 e. The summed E-state index contributed by atoms with van der Waals surface area (Å²) in [6.45, 7) is 8.61. The summed E-state index contributed by atoms with van der Waals surface area (Å²) in [6.07, 6.45) is 5.33. The number of aryl methyl sites for hydroxylation is 1. The van der Waals surface area contributed by atoms with E-state index >= 15 is 0 Å². The van der Waals surface area contributed by atoms with E-state index in [1.165, 1.54) is 11.3 Å². The molecule has 3 amide bonds. The fourth-order valence-corrected chi connectivity index (χ4v) is 6.75. The number of aliphatic hydroxyl groups excluding tert-OH is 1. The zero-order valence-electron chi connectivity index (χ0n) is 28.8. The van der Waals surface area contributed by atoms with Crippen LogP contribution in [0.2, 0.25) is 0 Å². The monoisotopic (exact) mass is 673 g/mol. The van der Waals surface area contributed by atoms with Crippen molar-refractivity contribution >= 4 is 39.8 Å². The first kappa shape index (κ1) is 36.8. The Kier molecular flexibility index (Phi) is 13.8. The summed E-state index contributed by atoms with van der Waals surface area (Å²) in [6, 6.07) is 16.9. The Labute approximate surface area is 288 Å². The molecule has 9 nitrogen and oxygen atoms in total. The van der Waals surface area contributed by atoms with Crippen molar-refractivity contribution in [3.05, 3.63) is 88.6 Å². The second kappa shape index (κ2) is 17.9. The smallest absolute Gasteiger partial charge is 0.242 e. The van der Waals surface area contributed by atoms with Gasteiger partial charge in [-0.1, -0.05) is 70.2 Å². The van der Waals surface area contributed by atoms with Gasteiger partial charge >= 0.3 is 0 Å². The molecule has 4 N–H and O–H groups in total. The minimum atomic E-state index is -0.951. The first-order valence-electron chi connectivity index (χ1n) is 17.0. The number of thiazole rings is 1. The molecule has 0 bridgehead atoms. The summed E-state index contributed by atoms with van der Waals surface area (Å²) < 4.78 is 2.03. The quantitative estimate of drug-likeness (QED) is 0.107. The molecule has 0 aliphatic carbocycles. The van der Waals surface area contributed by atoms with E-state index in [4.69, 9.17) is 0 Å². The van der Waals surface area contributed by atoms with Crippen molar-refractivity contribution in [1.82, 2.24) is 25.5 Å². The summed E-state index contributed by atoms with van der Waals surface area (Å²) in [5, 5.41) is 24.7. The van der Waals surface area contributed by atoms with E-state index in [1.54, 1.807) is 11.6 Å². The van der Waals surface area contributed by atoms with Crippen molar-refractivity contribution in [2.75, 3.05) is 6.54 Å². The maximum atomic E-state index is 14.0. The predicted octanol–water partition coefficient (Wildman–Crippen LogP) is 5.73. The molecule has 0 spiro atoms. The molecule has 0 saturated carbocycles. The van der Waals surface area contributed by atoms with E-state index in [0.29, 0.717) is 37.2 Å². The fraction of sp³-hybridized carbons (Fsp3) is 0.474. The molecular formula is C38H51N5O4S. The van der Waals surface area contributed by atoms with Crippen molar-refractivity contribution in [1.29, 1.82) is 0 Å². The van der Waals surface area contributed by atoms with Gasteiger partial charge in [0.25, 0.3) is 0 Å². The highest BCUT2D eigenvalue weighted by molar-refractivity contribution is 7.09. The minimum Gasteiger partial charge on any atom is -0.384 e. The Balaban J connectivity index is 1.48. The van der Waals surface area contributed by atoms with Crippen LogP contribution >= 0.6 is 11.3 Å². The van der Waals surface area contributed by atoms with Gasteiger partial charge in [0.1, 0.15) is 17.2 Å². The second-order valence-corrected chi connectivity index (χ2v) is 14.5. The number of rotatable bonds is 18. The molecule has 0 aliphatic rings. The van der Waals surface area contributed by atoms with Gasteiger partial charge in [0.05, 0.1) is 6.04 Å². The standard InChI is InChI=1S/C38H51N5O4S/c1-25(2)21-32(35(45)38-40-18-20-48-38)41-37(47)33(22-26(3)4)42-36(46)30(24-27-12-13-28-9-6-7-10-29(28)23-27)14-15-34(44)39-17-16-31-11-8-19-43(31)5/h6-13,18-20,23,25-26,30,32-33,35,45H,14-17,21-22,24H2,1-5H3,(H,39,44)(H,41,47)(H,42,46)/t30-,32+,33?,35-/m0/s1. The highest BCUT2D eigenvalue weighted by atomic mass is 32.1. The van der Waals surface area contributed by atoms with Gasteiger partial charge in [-0.3, -0.25) is 14.4 Å². The van der Waals surface area contributed by atoms with Gasteiger partial charge in [-0.15, -0.1) is 11.3 Å². The number of carbonyl (C=O) groups excluding carboxylic acids is 3. The molecule has 0 fully saturated rings. The lowest BCUT2D eigenvalue weighted by molar-refractivity contribution is -0.132. The third kappa shape index (κ3) is 11.0. The van der Waals surface area contributed by atoms with Crippen molar-refractivity contribution in [2.24, 2.45) is 24.8 Å². The lowest BCUT2D eigenvalue weighted by atomic mass is 9.91. The van der Waals surface area contributed by atoms with Crippen LogP contribution in [0.1, 0.15) is 75.7 Å². The number of carbonyl (C=O) groups is 3. The molecule has 2 heterocycles. The third-order valence-electron chi connectivity index (χ3n) is 8.62. The van der Waals surface area contributed by atoms with E-state index in [2.05, 4.69) is 33.1 Å². The van der Waals surface area contributed by atoms with Crippen LogP contribution in [0, 0.1) is 17.8 Å². The summed E-state index contributed by atoms with van der Waals surface area (Å²) in [5.41, 5.74) is 2.12. The molecule has 0 radical (unpaired) electrons. The van der Waals surface area contributed by atoms with Gasteiger partial charge < -0.3 is 25.6 Å². The number of amides is 3. The van der Waals surface area contributed by atoms with Gasteiger partial charge in [-0.05, 0) is 66.0 Å². The highest BCUT2D eigenvalue weighted by Gasteiger charge is 2.31. The first-order chi connectivity index (χ1) is 23.0. The summed E-state index contributed by atoms with van der Waals surface area (Å²) in [7, 11) is 1.98. The van der Waals surface area contributed by atoms with Crippen LogP contribution in [0.5, 0.6) is 0 Å². The number of aromatic nitrogens is 2. The zero-order chi connectivity index (χ0) is 34.6. The molecule has 1 unspecified atom stereocenters. The van der Waals surface area contributed by atoms with Crippen LogP contribution in [-0.4, -0.2) is 51.0 Å². The van der Waals surface area contributed by atoms with Crippen LogP contribution in [0.25, 0.3) is 10.8 Å². The van der Waals surface area contributed by atoms with E-state index in [0.717, 1.165) is 28.5 Å². The summed E-state index contributed by atoms with van der Waals surface area (Å²) >= 11 is 1.35. The van der Waals surface area contributed by atoms with E-state index in [1.807, 2.05) is 88.0 Å². The Morgan fingerprint density at radius 2 is 1.67 bits per heavy atom. The fourth-order valence-electron chi connectivity index (χ4n) is 6.06. The lowest BCUT2D eigenvalue weighted by Crippen LogP contribution is -2.53. The average molecular weight is 674 g/mol. The van der Waals surface area contributed by atoms with E-state index in [-0.39, 0.29) is 36.0 Å². The first-order valence-corrected chi connectivity index (χ1v) is 17.9. The Hall–Kier alpha value is -4.02. The average Bonchev–Trinajstić information content (AvgIpc) is 3.73. The van der Waals surface area contributed by atoms with Crippen molar-refractivity contribution in [2.45, 2.75) is 84.4 Å². The highest BCUT2D eigenvalue weighted by Crippen LogP contribution is 2.25. The molecular weight excluding hydrogens is 623 g/mol. The number of fused-ring (bicyclic) bond motifs is 1. The van der Waals surface area contributed by atoms with Gasteiger partial charge in [0, 0.05) is 55.8 Å². The molecule has 0 saturated heterocycles. The van der Waals surface area contributed by atoms with E-state index in [9.17, 15) is 19.5 Å². The topological polar surface area (TPSA) is 125 Å². The van der Waals surface area contributed by atoms with Gasteiger partial charge in [0.2, 0.25) is 17.7 Å². The summed E-state index contributed by atoms with van der Waals surface area (Å²) in [5.74, 6) is -0.887. The van der Waals surface area contributed by atoms with Crippen LogP contribution in [0.3, 0.4) is 0 Å². The van der Waals surface area contributed by atoms with Crippen molar-refractivity contribution in [3.8, 4) is 0 Å². The molecule has 4 atom stereocenters. The Morgan fingerprint density at radius 3 is 2.33 bits per heavy atom. The van der Waals surface area contributed by atoms with Crippen LogP contribution in [0.15, 0.2) is 72.4 Å². The van der Waals surface area contributed by atoms with Crippen molar-refractivity contribution < 1.29 is 19.5 Å². The molecule has 4 rings (SSSR count). The maximum absolute atomic E-state index is 14.0. The zero-order valence-corrected chi connectivity index (χ0v) is 29.6. The minimum absolute atomic E-state index is 0.107. The van der Waals surface area contributed by atoms with Gasteiger partial charge in [-0.25, -0.2) is 4.98 Å². The molecule has 0 aliphatic heterocycles. The van der Waals surface area contributed by atoms with E-state index < -0.39 is 24.1 Å². The molecule has 2 aromatic carbocycles. The number of nitrogens with zero attached hydrogens (tertiary/aromatic N) is 2. The predicted molar refractivity (Wildman–Crippen MR) is 192 cm³/mol. The van der Waals surface area contributed by atoms with Crippen LogP contribution in [-0.2, 0) is 34.3 Å². The Morgan fingerprint density at radius 1 is 0.917 bits per heavy atom. The lowest BCUT2D eigenvalue weighted by Gasteiger charge is -2.29. The third-order valence-corrected chi connectivity index (χ3v) is 9.47. The largest absolute Gasteiger partial charge is 0.384 e. The van der Waals surface area contributed by atoms with Crippen LogP contribution < -0.4 is 16.0 Å². The number of hydrogen-bond acceptors (Lipinski definition) is 6. The van der Waals surface area contributed by atoms with Gasteiger partial charge in [0.15, 0.2) is 0 Å². The number of nitrogens with one attached hydrogen (secondary N) is 3. The van der Waals surface area contributed by atoms with Gasteiger partial charge in [-0.2, -0.15) is 0 Å².